The molecule has 0 aromatic heterocycles. The number of nitrogens with one attached hydrogen (secondary N) is 1. The zero-order chi connectivity index (χ0) is 19.2. The molecule has 2 atom stereocenters. The van der Waals surface area contributed by atoms with Crippen molar-refractivity contribution in [2.75, 3.05) is 19.7 Å². The van der Waals surface area contributed by atoms with Gasteiger partial charge >= 0.3 is 0 Å². The predicted octanol–water partition coefficient (Wildman–Crippen LogP) is 3.82. The summed E-state index contributed by atoms with van der Waals surface area (Å²) in [4.78, 5) is 7.81. The second-order valence-corrected chi connectivity index (χ2v) is 10.8. The van der Waals surface area contributed by atoms with Crippen molar-refractivity contribution in [2.24, 2.45) is 21.2 Å². The van der Waals surface area contributed by atoms with Gasteiger partial charge in [-0.2, -0.15) is 0 Å². The third-order valence-electron chi connectivity index (χ3n) is 5.10. The van der Waals surface area contributed by atoms with Crippen molar-refractivity contribution < 1.29 is 5.11 Å². The number of amidine groups is 1. The average Bonchev–Trinajstić information content (AvgIpc) is 2.82. The minimum absolute atomic E-state index is 0.0179. The highest BCUT2D eigenvalue weighted by molar-refractivity contribution is 5.90. The number of hydrogen-bond acceptors (Lipinski definition) is 4. The number of aliphatic hydroxyl groups is 1. The number of rotatable bonds is 3. The summed E-state index contributed by atoms with van der Waals surface area (Å²) in [6.07, 6.45) is 1.02. The maximum absolute atomic E-state index is 9.18. The standard InChI is InChI=1S/C21H39N3O/c1-19(2,3)16-15-12-14(22-10-11-25)13-24(15)18(21(7,8)9)23-17(16)20(4,5)6/h14,17,22,25H,10-13H2,1-9H3. The summed E-state index contributed by atoms with van der Waals surface area (Å²) >= 11 is 0. The Bertz CT molecular complexity index is 555. The third-order valence-corrected chi connectivity index (χ3v) is 5.10. The lowest BCUT2D eigenvalue weighted by atomic mass is 9.70. The number of fused-ring (bicyclic) bond motifs is 1. The topological polar surface area (TPSA) is 47.9 Å². The van der Waals surface area contributed by atoms with Crippen molar-refractivity contribution in [3.8, 4) is 0 Å². The summed E-state index contributed by atoms with van der Waals surface area (Å²) < 4.78 is 0. The molecular formula is C21H39N3O. The first-order valence-electron chi connectivity index (χ1n) is 9.70. The van der Waals surface area contributed by atoms with Gasteiger partial charge in [0.2, 0.25) is 0 Å². The zero-order valence-electron chi connectivity index (χ0n) is 17.8. The average molecular weight is 350 g/mol. The molecule has 2 unspecified atom stereocenters. The van der Waals surface area contributed by atoms with E-state index in [2.05, 4.69) is 72.5 Å². The van der Waals surface area contributed by atoms with Gasteiger partial charge in [-0.05, 0) is 16.4 Å². The Morgan fingerprint density at radius 1 is 1.04 bits per heavy atom. The summed E-state index contributed by atoms with van der Waals surface area (Å²) in [6.45, 7) is 22.4. The van der Waals surface area contributed by atoms with Crippen LogP contribution in [0.2, 0.25) is 0 Å². The molecule has 144 valence electrons. The number of aliphatic hydroxyl groups excluding tert-OH is 1. The van der Waals surface area contributed by atoms with Gasteiger partial charge in [-0.15, -0.1) is 0 Å². The number of hydrogen-bond donors (Lipinski definition) is 2. The summed E-state index contributed by atoms with van der Waals surface area (Å²) in [5.41, 5.74) is 3.15. The molecule has 2 N–H and O–H groups in total. The van der Waals surface area contributed by atoms with E-state index >= 15 is 0 Å². The molecule has 2 heterocycles. The van der Waals surface area contributed by atoms with Gasteiger partial charge in [-0.1, -0.05) is 62.3 Å². The Labute approximate surface area is 154 Å². The molecule has 0 aromatic rings. The summed E-state index contributed by atoms with van der Waals surface area (Å²) in [6, 6.07) is 0.593. The lowest BCUT2D eigenvalue weighted by Crippen LogP contribution is -2.47. The highest BCUT2D eigenvalue weighted by Crippen LogP contribution is 2.47. The minimum atomic E-state index is 0.0179. The van der Waals surface area contributed by atoms with Gasteiger partial charge in [0.25, 0.3) is 0 Å². The highest BCUT2D eigenvalue weighted by atomic mass is 16.3. The number of aliphatic imine (C=N–C) groups is 1. The quantitative estimate of drug-likeness (QED) is 0.814. The molecule has 0 bridgehead atoms. The van der Waals surface area contributed by atoms with Crippen molar-refractivity contribution in [3.63, 3.8) is 0 Å². The molecule has 0 spiro atoms. The largest absolute Gasteiger partial charge is 0.395 e. The van der Waals surface area contributed by atoms with Gasteiger partial charge in [0, 0.05) is 36.7 Å². The summed E-state index contributed by atoms with van der Waals surface area (Å²) in [5.74, 6) is 1.21. The van der Waals surface area contributed by atoms with Crippen LogP contribution in [0, 0.1) is 16.2 Å². The van der Waals surface area contributed by atoms with Crippen molar-refractivity contribution in [2.45, 2.75) is 80.8 Å². The fourth-order valence-electron chi connectivity index (χ4n) is 4.10. The molecular weight excluding hydrogens is 310 g/mol. The van der Waals surface area contributed by atoms with Crippen LogP contribution in [-0.2, 0) is 0 Å². The lowest BCUT2D eigenvalue weighted by Gasteiger charge is -2.45. The van der Waals surface area contributed by atoms with Crippen LogP contribution >= 0.6 is 0 Å². The van der Waals surface area contributed by atoms with Crippen LogP contribution in [0.3, 0.4) is 0 Å². The smallest absolute Gasteiger partial charge is 0.109 e. The van der Waals surface area contributed by atoms with E-state index in [1.807, 2.05) is 0 Å². The molecule has 25 heavy (non-hydrogen) atoms. The lowest BCUT2D eigenvalue weighted by molar-refractivity contribution is 0.281. The maximum atomic E-state index is 9.18. The monoisotopic (exact) mass is 349 g/mol. The Balaban J connectivity index is 2.57. The summed E-state index contributed by atoms with van der Waals surface area (Å²) in [7, 11) is 0. The van der Waals surface area contributed by atoms with Gasteiger partial charge in [-0.3, -0.25) is 4.99 Å². The SMILES string of the molecule is CC(C)(C)C1=NC(C(C)(C)C)C(C(C)(C)C)=C2CC(NCCO)CN12. The first-order valence-corrected chi connectivity index (χ1v) is 9.70. The Kier molecular flexibility index (Phi) is 5.48. The number of nitrogens with zero attached hydrogens (tertiary/aromatic N) is 2. The van der Waals surface area contributed by atoms with E-state index in [0.717, 1.165) is 13.0 Å². The molecule has 4 heteroatoms. The van der Waals surface area contributed by atoms with Crippen LogP contribution in [0.1, 0.15) is 68.7 Å². The third kappa shape index (κ3) is 4.28. The van der Waals surface area contributed by atoms with E-state index in [1.54, 1.807) is 0 Å². The van der Waals surface area contributed by atoms with Crippen molar-refractivity contribution >= 4 is 5.84 Å². The normalized spacial score (nSPS) is 25.4. The summed E-state index contributed by atoms with van der Waals surface area (Å²) in [5, 5.41) is 12.7. The van der Waals surface area contributed by atoms with Crippen molar-refractivity contribution in [1.82, 2.24) is 10.2 Å². The highest BCUT2D eigenvalue weighted by Gasteiger charge is 2.46. The second kappa shape index (κ2) is 6.70. The molecule has 2 aliphatic heterocycles. The van der Waals surface area contributed by atoms with Gasteiger partial charge in [0.1, 0.15) is 5.84 Å². The van der Waals surface area contributed by atoms with E-state index < -0.39 is 0 Å². The second-order valence-electron chi connectivity index (χ2n) is 10.8. The first-order chi connectivity index (χ1) is 11.3. The van der Waals surface area contributed by atoms with Crippen LogP contribution in [-0.4, -0.2) is 47.6 Å². The molecule has 2 rings (SSSR count). The zero-order valence-corrected chi connectivity index (χ0v) is 17.8. The molecule has 2 aliphatic rings. The molecule has 1 fully saturated rings. The fourth-order valence-corrected chi connectivity index (χ4v) is 4.10. The Morgan fingerprint density at radius 3 is 2.08 bits per heavy atom. The van der Waals surface area contributed by atoms with E-state index in [0.29, 0.717) is 12.6 Å². The van der Waals surface area contributed by atoms with E-state index in [-0.39, 0.29) is 28.9 Å². The minimum Gasteiger partial charge on any atom is -0.395 e. The molecule has 1 saturated heterocycles. The Morgan fingerprint density at radius 2 is 1.64 bits per heavy atom. The van der Waals surface area contributed by atoms with Crippen LogP contribution in [0.4, 0.5) is 0 Å². The van der Waals surface area contributed by atoms with Crippen LogP contribution in [0.15, 0.2) is 16.3 Å². The van der Waals surface area contributed by atoms with E-state index in [9.17, 15) is 5.11 Å². The van der Waals surface area contributed by atoms with Crippen LogP contribution in [0.5, 0.6) is 0 Å². The van der Waals surface area contributed by atoms with Gasteiger partial charge in [-0.25, -0.2) is 0 Å². The molecule has 0 amide bonds. The molecule has 0 saturated carbocycles. The predicted molar refractivity (Wildman–Crippen MR) is 107 cm³/mol. The maximum Gasteiger partial charge on any atom is 0.109 e. The van der Waals surface area contributed by atoms with E-state index in [1.165, 1.54) is 17.1 Å². The molecule has 0 aliphatic carbocycles. The fraction of sp³-hybridized carbons (Fsp3) is 0.857. The molecule has 0 radical (unpaired) electrons. The van der Waals surface area contributed by atoms with Crippen molar-refractivity contribution in [3.05, 3.63) is 11.3 Å². The molecule has 0 aromatic carbocycles. The first kappa shape index (κ1) is 20.4. The van der Waals surface area contributed by atoms with Crippen molar-refractivity contribution in [1.29, 1.82) is 0 Å². The van der Waals surface area contributed by atoms with Gasteiger partial charge in [0.05, 0.1) is 12.6 Å². The van der Waals surface area contributed by atoms with Gasteiger partial charge in [0.15, 0.2) is 0 Å². The Hall–Kier alpha value is -0.870. The van der Waals surface area contributed by atoms with E-state index in [4.69, 9.17) is 4.99 Å². The molecule has 4 nitrogen and oxygen atoms in total. The van der Waals surface area contributed by atoms with Crippen LogP contribution < -0.4 is 5.32 Å². The van der Waals surface area contributed by atoms with Gasteiger partial charge < -0.3 is 15.3 Å². The van der Waals surface area contributed by atoms with Crippen LogP contribution in [0.25, 0.3) is 0 Å².